The van der Waals surface area contributed by atoms with Crippen LogP contribution in [0.3, 0.4) is 0 Å². The molecule has 4 heteroatoms. The minimum absolute atomic E-state index is 0.264. The summed E-state index contributed by atoms with van der Waals surface area (Å²) in [5, 5.41) is 9.80. The Morgan fingerprint density at radius 2 is 2.20 bits per heavy atom. The van der Waals surface area contributed by atoms with Crippen LogP contribution in [0.15, 0.2) is 30.3 Å². The zero-order valence-corrected chi connectivity index (χ0v) is 11.3. The van der Waals surface area contributed by atoms with E-state index in [0.717, 1.165) is 18.8 Å². The van der Waals surface area contributed by atoms with Gasteiger partial charge in [-0.05, 0) is 30.7 Å². The topological polar surface area (TPSA) is 53.4 Å². The number of nitrogens with zero attached hydrogens (tertiary/aromatic N) is 2. The highest BCUT2D eigenvalue weighted by Gasteiger charge is 2.11. The van der Waals surface area contributed by atoms with E-state index in [1.165, 1.54) is 0 Å². The minimum Gasteiger partial charge on any atom is -0.478 e. The molecule has 0 saturated heterocycles. The van der Waals surface area contributed by atoms with Gasteiger partial charge in [-0.1, -0.05) is 18.9 Å². The maximum absolute atomic E-state index is 11.2. The van der Waals surface area contributed by atoms with Crippen LogP contribution < -0.4 is 4.90 Å². The molecule has 0 fully saturated rings. The number of fused-ring (bicyclic) bond motifs is 1. The number of aromatic nitrogens is 1. The molecule has 102 valence electrons. The molecular formula is C16H16N2O2. The van der Waals surface area contributed by atoms with Gasteiger partial charge in [-0.2, -0.15) is 0 Å². The average Bonchev–Trinajstić information content (AvgIpc) is 2.45. The monoisotopic (exact) mass is 268 g/mol. The second-order valence-corrected chi connectivity index (χ2v) is 4.47. The Kier molecular flexibility index (Phi) is 4.21. The fourth-order valence-corrected chi connectivity index (χ4v) is 2.16. The first-order valence-corrected chi connectivity index (χ1v) is 6.49. The molecule has 0 aliphatic heterocycles. The zero-order chi connectivity index (χ0) is 14.5. The third-order valence-electron chi connectivity index (χ3n) is 3.05. The summed E-state index contributed by atoms with van der Waals surface area (Å²) < 4.78 is 0. The van der Waals surface area contributed by atoms with E-state index in [-0.39, 0.29) is 5.56 Å². The number of hydrogen-bond donors (Lipinski definition) is 1. The Morgan fingerprint density at radius 1 is 1.40 bits per heavy atom. The van der Waals surface area contributed by atoms with Crippen LogP contribution in [0.5, 0.6) is 0 Å². The number of carboxylic acids is 1. The van der Waals surface area contributed by atoms with E-state index in [1.54, 1.807) is 18.2 Å². The van der Waals surface area contributed by atoms with Crippen LogP contribution in [0.1, 0.15) is 23.7 Å². The minimum atomic E-state index is -0.945. The Bertz CT molecular complexity index is 674. The maximum Gasteiger partial charge on any atom is 0.336 e. The fraction of sp³-hybridized carbons (Fsp3) is 0.250. The molecule has 4 nitrogen and oxygen atoms in total. The van der Waals surface area contributed by atoms with Crippen molar-refractivity contribution in [3.8, 4) is 12.3 Å². The molecule has 1 aromatic heterocycles. The molecule has 1 heterocycles. The molecule has 0 amide bonds. The van der Waals surface area contributed by atoms with Gasteiger partial charge in [0.15, 0.2) is 0 Å². The lowest BCUT2D eigenvalue weighted by Gasteiger charge is -2.20. The Morgan fingerprint density at radius 3 is 2.85 bits per heavy atom. The summed E-state index contributed by atoms with van der Waals surface area (Å²) in [5.41, 5.74) is 0.932. The first kappa shape index (κ1) is 13.9. The van der Waals surface area contributed by atoms with Crippen molar-refractivity contribution in [1.82, 2.24) is 4.98 Å². The number of rotatable bonds is 5. The highest BCUT2D eigenvalue weighted by Crippen LogP contribution is 2.21. The number of hydrogen-bond acceptors (Lipinski definition) is 3. The van der Waals surface area contributed by atoms with Crippen molar-refractivity contribution in [2.24, 2.45) is 0 Å². The quantitative estimate of drug-likeness (QED) is 0.847. The molecule has 0 unspecified atom stereocenters. The number of terminal acetylenes is 1. The highest BCUT2D eigenvalue weighted by molar-refractivity contribution is 6.02. The summed E-state index contributed by atoms with van der Waals surface area (Å²) in [7, 11) is 0. The molecule has 2 aromatic rings. The second-order valence-electron chi connectivity index (χ2n) is 4.47. The van der Waals surface area contributed by atoms with E-state index in [0.29, 0.717) is 17.4 Å². The first-order valence-electron chi connectivity index (χ1n) is 6.49. The second kappa shape index (κ2) is 6.07. The molecule has 0 aliphatic carbocycles. The van der Waals surface area contributed by atoms with Gasteiger partial charge in [0.2, 0.25) is 0 Å². The van der Waals surface area contributed by atoms with E-state index in [4.69, 9.17) is 11.5 Å². The SMILES string of the molecule is C#CCN(CCC)c1ccc2c(C(=O)O)cccc2n1. The summed E-state index contributed by atoms with van der Waals surface area (Å²) in [6, 6.07) is 8.71. The lowest BCUT2D eigenvalue weighted by atomic mass is 10.1. The predicted molar refractivity (Wildman–Crippen MR) is 80.0 cm³/mol. The van der Waals surface area contributed by atoms with Crippen LogP contribution in [0.2, 0.25) is 0 Å². The Hall–Kier alpha value is -2.54. The van der Waals surface area contributed by atoms with E-state index >= 15 is 0 Å². The third kappa shape index (κ3) is 2.72. The van der Waals surface area contributed by atoms with Gasteiger partial charge in [-0.15, -0.1) is 6.42 Å². The molecule has 0 atom stereocenters. The van der Waals surface area contributed by atoms with Crippen molar-refractivity contribution in [2.45, 2.75) is 13.3 Å². The highest BCUT2D eigenvalue weighted by atomic mass is 16.4. The number of benzene rings is 1. The number of anilines is 1. The van der Waals surface area contributed by atoms with Crippen LogP contribution >= 0.6 is 0 Å². The van der Waals surface area contributed by atoms with Gasteiger partial charge in [0.25, 0.3) is 0 Å². The number of carboxylic acid groups (broad SMARTS) is 1. The standard InChI is InChI=1S/C16H16N2O2/c1-3-10-18(11-4-2)15-9-8-12-13(16(19)20)6-5-7-14(12)17-15/h1,5-9H,4,10-11H2,2H3,(H,19,20). The molecule has 1 aromatic carbocycles. The predicted octanol–water partition coefficient (Wildman–Crippen LogP) is 2.78. The largest absolute Gasteiger partial charge is 0.478 e. The summed E-state index contributed by atoms with van der Waals surface area (Å²) >= 11 is 0. The van der Waals surface area contributed by atoms with Crippen LogP contribution in [0, 0.1) is 12.3 Å². The van der Waals surface area contributed by atoms with Gasteiger partial charge < -0.3 is 10.0 Å². The van der Waals surface area contributed by atoms with E-state index < -0.39 is 5.97 Å². The molecule has 20 heavy (non-hydrogen) atoms. The molecule has 0 spiro atoms. The smallest absolute Gasteiger partial charge is 0.336 e. The molecule has 1 N–H and O–H groups in total. The van der Waals surface area contributed by atoms with Crippen molar-refractivity contribution >= 4 is 22.7 Å². The van der Waals surface area contributed by atoms with E-state index in [1.807, 2.05) is 17.0 Å². The first-order chi connectivity index (χ1) is 9.67. The van der Waals surface area contributed by atoms with E-state index in [9.17, 15) is 4.79 Å². The third-order valence-corrected chi connectivity index (χ3v) is 3.05. The molecule has 0 bridgehead atoms. The number of aromatic carboxylic acids is 1. The Balaban J connectivity index is 2.49. The Labute approximate surface area is 118 Å². The molecule has 0 radical (unpaired) electrons. The van der Waals surface area contributed by atoms with Crippen molar-refractivity contribution in [3.05, 3.63) is 35.9 Å². The van der Waals surface area contributed by atoms with Gasteiger partial charge in [0, 0.05) is 11.9 Å². The summed E-state index contributed by atoms with van der Waals surface area (Å²) in [6.07, 6.45) is 6.35. The average molecular weight is 268 g/mol. The van der Waals surface area contributed by atoms with Gasteiger partial charge >= 0.3 is 5.97 Å². The van der Waals surface area contributed by atoms with Crippen LogP contribution in [-0.4, -0.2) is 29.1 Å². The summed E-state index contributed by atoms with van der Waals surface area (Å²) in [5.74, 6) is 2.45. The molecular weight excluding hydrogens is 252 g/mol. The van der Waals surface area contributed by atoms with E-state index in [2.05, 4.69) is 17.8 Å². The van der Waals surface area contributed by atoms with Crippen LogP contribution in [0.25, 0.3) is 10.9 Å². The lowest BCUT2D eigenvalue weighted by molar-refractivity contribution is 0.0699. The van der Waals surface area contributed by atoms with Crippen molar-refractivity contribution in [2.75, 3.05) is 18.0 Å². The number of pyridine rings is 1. The van der Waals surface area contributed by atoms with Crippen molar-refractivity contribution < 1.29 is 9.90 Å². The maximum atomic E-state index is 11.2. The number of carbonyl (C=O) groups is 1. The van der Waals surface area contributed by atoms with Gasteiger partial charge in [0.1, 0.15) is 5.82 Å². The van der Waals surface area contributed by atoms with Gasteiger partial charge in [0.05, 0.1) is 17.6 Å². The fourth-order valence-electron chi connectivity index (χ4n) is 2.16. The summed E-state index contributed by atoms with van der Waals surface area (Å²) in [4.78, 5) is 17.7. The van der Waals surface area contributed by atoms with Gasteiger partial charge in [-0.3, -0.25) is 0 Å². The normalized spacial score (nSPS) is 10.2. The van der Waals surface area contributed by atoms with Crippen LogP contribution in [0.4, 0.5) is 5.82 Å². The molecule has 0 aliphatic rings. The van der Waals surface area contributed by atoms with Gasteiger partial charge in [-0.25, -0.2) is 9.78 Å². The zero-order valence-electron chi connectivity index (χ0n) is 11.3. The van der Waals surface area contributed by atoms with Crippen molar-refractivity contribution in [1.29, 1.82) is 0 Å². The molecule has 2 rings (SSSR count). The van der Waals surface area contributed by atoms with Crippen molar-refractivity contribution in [3.63, 3.8) is 0 Å². The lowest BCUT2D eigenvalue weighted by Crippen LogP contribution is -2.25. The molecule has 0 saturated carbocycles. The van der Waals surface area contributed by atoms with Crippen LogP contribution in [-0.2, 0) is 0 Å². The summed E-state index contributed by atoms with van der Waals surface area (Å²) in [6.45, 7) is 3.39.